The third-order valence-electron chi connectivity index (χ3n) is 14.6. The summed E-state index contributed by atoms with van der Waals surface area (Å²) < 4.78 is 65.1. The SMILES string of the molecule is COc1cc(/C=C2\C(C)=C(CC(=O)Nc3ccccc3)c3cc(F)ccc32)cc(OC)c1-c1cc([N+](=O)[O-])ccc1OC(=O)Oc1ccc([N+](=O)[O-])cc1-c1c(OC)cc(/C=C2\C(C)=C(CC(=O)Nc3ccccc3)c3cc(F)ccc32)cc1OC. The summed E-state index contributed by atoms with van der Waals surface area (Å²) in [5.74, 6) is -1.59. The number of ether oxygens (including phenoxy) is 6. The zero-order valence-electron chi connectivity index (χ0n) is 47.0. The van der Waals surface area contributed by atoms with E-state index in [2.05, 4.69) is 10.6 Å². The number of rotatable bonds is 18. The van der Waals surface area contributed by atoms with Crippen molar-refractivity contribution in [2.45, 2.75) is 26.7 Å². The number of anilines is 2. The molecule has 2 amide bonds. The number of halogens is 2. The summed E-state index contributed by atoms with van der Waals surface area (Å²) in [6.45, 7) is 3.67. The van der Waals surface area contributed by atoms with E-state index in [9.17, 15) is 43.4 Å². The Morgan fingerprint density at radius 1 is 0.453 bits per heavy atom. The lowest BCUT2D eigenvalue weighted by molar-refractivity contribution is -0.385. The minimum atomic E-state index is -1.37. The Bertz CT molecular complexity index is 3920. The number of nitrogens with zero attached hydrogens (tertiary/aromatic N) is 2. The molecule has 17 nitrogen and oxygen atoms in total. The number of para-hydroxylation sites is 2. The van der Waals surface area contributed by atoms with Crippen molar-refractivity contribution in [1.29, 1.82) is 0 Å². The molecule has 432 valence electrons. The summed E-state index contributed by atoms with van der Waals surface area (Å²) in [5, 5.41) is 30.4. The van der Waals surface area contributed by atoms with Crippen molar-refractivity contribution in [3.05, 3.63) is 234 Å². The molecule has 0 unspecified atom stereocenters. The number of benzene rings is 8. The molecule has 19 heteroatoms. The molecule has 0 atom stereocenters. The Kier molecular flexibility index (Phi) is 16.7. The van der Waals surface area contributed by atoms with Crippen LogP contribution < -0.4 is 39.1 Å². The topological polar surface area (TPSA) is 217 Å². The van der Waals surface area contributed by atoms with Crippen molar-refractivity contribution in [2.24, 2.45) is 0 Å². The lowest BCUT2D eigenvalue weighted by atomic mass is 9.96. The Morgan fingerprint density at radius 2 is 0.814 bits per heavy atom. The summed E-state index contributed by atoms with van der Waals surface area (Å²) in [5.41, 5.74) is 8.06. The van der Waals surface area contributed by atoms with Crippen LogP contribution in [0.5, 0.6) is 34.5 Å². The molecule has 10 rings (SSSR count). The normalized spacial score (nSPS) is 13.3. The average Bonchev–Trinajstić information content (AvgIpc) is 1.66. The molecule has 0 saturated carbocycles. The lowest BCUT2D eigenvalue weighted by Gasteiger charge is -2.19. The van der Waals surface area contributed by atoms with Crippen LogP contribution in [0.25, 0.3) is 56.7 Å². The Labute approximate surface area is 491 Å². The van der Waals surface area contributed by atoms with E-state index in [1.165, 1.54) is 64.8 Å². The summed E-state index contributed by atoms with van der Waals surface area (Å²) in [6.07, 6.45) is 2.14. The zero-order chi connectivity index (χ0) is 60.9. The second-order valence-electron chi connectivity index (χ2n) is 19.8. The van der Waals surface area contributed by atoms with Crippen LogP contribution in [-0.2, 0) is 9.59 Å². The Balaban J connectivity index is 0.983. The third kappa shape index (κ3) is 12.0. The van der Waals surface area contributed by atoms with Crippen LogP contribution in [0.3, 0.4) is 0 Å². The van der Waals surface area contributed by atoms with Gasteiger partial charge in [0.15, 0.2) is 0 Å². The van der Waals surface area contributed by atoms with Gasteiger partial charge >= 0.3 is 6.16 Å². The highest BCUT2D eigenvalue weighted by molar-refractivity contribution is 6.11. The van der Waals surface area contributed by atoms with E-state index in [-0.39, 0.29) is 81.4 Å². The molecule has 2 N–H and O–H groups in total. The number of hydrogen-bond acceptors (Lipinski definition) is 13. The number of nitrogens with one attached hydrogen (secondary N) is 2. The van der Waals surface area contributed by atoms with Crippen molar-refractivity contribution in [3.8, 4) is 56.8 Å². The van der Waals surface area contributed by atoms with E-state index in [0.717, 1.165) is 24.3 Å². The fourth-order valence-corrected chi connectivity index (χ4v) is 10.7. The highest BCUT2D eigenvalue weighted by Crippen LogP contribution is 2.51. The van der Waals surface area contributed by atoms with E-state index >= 15 is 0 Å². The van der Waals surface area contributed by atoms with Crippen LogP contribution in [0.1, 0.15) is 60.1 Å². The molecule has 0 bridgehead atoms. The minimum absolute atomic E-state index is 0.0341. The first-order valence-corrected chi connectivity index (χ1v) is 26.6. The summed E-state index contributed by atoms with van der Waals surface area (Å²) >= 11 is 0. The molecule has 86 heavy (non-hydrogen) atoms. The molecule has 8 aromatic carbocycles. The number of methoxy groups -OCH3 is 4. The fourth-order valence-electron chi connectivity index (χ4n) is 10.7. The van der Waals surface area contributed by atoms with E-state index in [4.69, 9.17) is 28.4 Å². The molecule has 0 saturated heterocycles. The number of hydrogen-bond donors (Lipinski definition) is 2. The first-order chi connectivity index (χ1) is 41.4. The van der Waals surface area contributed by atoms with Crippen LogP contribution in [0, 0.1) is 31.9 Å². The van der Waals surface area contributed by atoms with Crippen LogP contribution in [0.2, 0.25) is 0 Å². The smallest absolute Gasteiger partial charge is 0.496 e. The molecule has 0 aromatic heterocycles. The van der Waals surface area contributed by atoms with Crippen LogP contribution >= 0.6 is 0 Å². The van der Waals surface area contributed by atoms with Gasteiger partial charge in [0.1, 0.15) is 46.1 Å². The summed E-state index contributed by atoms with van der Waals surface area (Å²) in [7, 11) is 5.47. The van der Waals surface area contributed by atoms with Gasteiger partial charge in [0.25, 0.3) is 11.4 Å². The Hall–Kier alpha value is -11.2. The van der Waals surface area contributed by atoms with Gasteiger partial charge in [-0.2, -0.15) is 0 Å². The number of non-ortho nitro benzene ring substituents is 2. The molecular formula is C67H52F2N4O13. The zero-order valence-corrected chi connectivity index (χ0v) is 47.0. The van der Waals surface area contributed by atoms with Crippen LogP contribution in [-0.4, -0.2) is 56.3 Å². The van der Waals surface area contributed by atoms with Gasteiger partial charge in [-0.3, -0.25) is 29.8 Å². The maximum absolute atomic E-state index is 14.9. The molecule has 0 heterocycles. The monoisotopic (exact) mass is 1160 g/mol. The average molecular weight is 1160 g/mol. The molecule has 2 aliphatic rings. The molecular weight excluding hydrogens is 1110 g/mol. The number of fused-ring (bicyclic) bond motifs is 2. The van der Waals surface area contributed by atoms with Gasteiger partial charge in [-0.25, -0.2) is 13.6 Å². The number of nitro benzene ring substituents is 2. The van der Waals surface area contributed by atoms with Gasteiger partial charge in [-0.05, 0) is 178 Å². The van der Waals surface area contributed by atoms with Crippen molar-refractivity contribution < 1.29 is 61.4 Å². The largest absolute Gasteiger partial charge is 0.519 e. The molecule has 8 aromatic rings. The van der Waals surface area contributed by atoms with Crippen LogP contribution in [0.4, 0.5) is 36.3 Å². The van der Waals surface area contributed by atoms with Gasteiger partial charge in [0.05, 0.1) is 62.3 Å². The highest BCUT2D eigenvalue weighted by atomic mass is 19.1. The lowest BCUT2D eigenvalue weighted by Crippen LogP contribution is -2.15. The molecule has 0 fully saturated rings. The summed E-state index contributed by atoms with van der Waals surface area (Å²) in [6, 6.07) is 40.0. The predicted octanol–water partition coefficient (Wildman–Crippen LogP) is 15.4. The first-order valence-electron chi connectivity index (χ1n) is 26.6. The van der Waals surface area contributed by atoms with E-state index < -0.39 is 39.0 Å². The van der Waals surface area contributed by atoms with Crippen molar-refractivity contribution in [2.75, 3.05) is 39.1 Å². The van der Waals surface area contributed by atoms with Gasteiger partial charge in [0, 0.05) is 46.8 Å². The standard InChI is InChI=1S/C67H52F2N4O13/c1-37-49(47-21-17-41(68)31-53(47)51(37)35-63(74)70-43-13-9-7-10-14-43)25-39-27-59(81-3)65(60(28-39)82-4)55-33-45(72(77)78)19-23-57(55)85-67(76)86-58-24-20-46(73(79)80)34-56(58)66-61(83-5)29-40(30-62(66)84-6)26-50-38(2)52(54-32-42(69)18-22-48(50)54)36-64(75)71-44-15-11-8-12-16-44/h7-34H,35-36H2,1-6H3,(H,70,74)(H,71,75)/b49-25+,50-26+. The van der Waals surface area contributed by atoms with Gasteiger partial charge in [-0.1, -0.05) is 48.5 Å². The molecule has 0 radical (unpaired) electrons. The first kappa shape index (κ1) is 58.0. The second-order valence-corrected chi connectivity index (χ2v) is 19.8. The van der Waals surface area contributed by atoms with E-state index in [1.807, 2.05) is 38.1 Å². The number of amides is 2. The van der Waals surface area contributed by atoms with Crippen molar-refractivity contribution in [1.82, 2.24) is 0 Å². The molecule has 0 spiro atoms. The van der Waals surface area contributed by atoms with E-state index in [1.54, 1.807) is 84.9 Å². The van der Waals surface area contributed by atoms with Gasteiger partial charge in [0.2, 0.25) is 11.8 Å². The highest BCUT2D eigenvalue weighted by Gasteiger charge is 2.31. The second kappa shape index (κ2) is 24.7. The van der Waals surface area contributed by atoms with E-state index in [0.29, 0.717) is 78.2 Å². The fraction of sp³-hybridized carbons (Fsp3) is 0.119. The minimum Gasteiger partial charge on any atom is -0.496 e. The quantitative estimate of drug-likeness (QED) is 0.0354. The predicted molar refractivity (Wildman–Crippen MR) is 323 cm³/mol. The summed E-state index contributed by atoms with van der Waals surface area (Å²) in [4.78, 5) is 64.3. The number of carbonyl (C=O) groups excluding carboxylic acids is 3. The van der Waals surface area contributed by atoms with Crippen molar-refractivity contribution in [3.63, 3.8) is 0 Å². The maximum atomic E-state index is 14.9. The van der Waals surface area contributed by atoms with Crippen LogP contribution in [0.15, 0.2) is 169 Å². The molecule has 0 aliphatic heterocycles. The number of allylic oxidation sites excluding steroid dienone is 4. The number of carbonyl (C=O) groups is 3. The van der Waals surface area contributed by atoms with Gasteiger partial charge < -0.3 is 39.1 Å². The molecule has 2 aliphatic carbocycles. The van der Waals surface area contributed by atoms with Gasteiger partial charge in [-0.15, -0.1) is 0 Å². The number of nitro groups is 2. The third-order valence-corrected chi connectivity index (χ3v) is 14.6. The van der Waals surface area contributed by atoms with Crippen molar-refractivity contribution >= 4 is 75.2 Å². The maximum Gasteiger partial charge on any atom is 0.519 e. The Morgan fingerprint density at radius 3 is 1.15 bits per heavy atom.